The first-order valence-electron chi connectivity index (χ1n) is 9.75. The smallest absolute Gasteiger partial charge is 0.323 e. The lowest BCUT2D eigenvalue weighted by Crippen LogP contribution is -2.37. The molecule has 160 valence electrons. The molecule has 5 N–H and O–H groups in total. The second-order valence-electron chi connectivity index (χ2n) is 7.45. The Bertz CT molecular complexity index is 1130. The van der Waals surface area contributed by atoms with Crippen LogP contribution in [0.1, 0.15) is 17.7 Å². The number of aromatic nitrogens is 3. The quantitative estimate of drug-likeness (QED) is 0.474. The van der Waals surface area contributed by atoms with E-state index in [2.05, 4.69) is 16.2 Å². The topological polar surface area (TPSA) is 162 Å². The van der Waals surface area contributed by atoms with E-state index in [1.54, 1.807) is 12.1 Å². The molecule has 0 aliphatic carbocycles. The van der Waals surface area contributed by atoms with E-state index in [9.17, 15) is 15.2 Å². The van der Waals surface area contributed by atoms with Crippen LogP contribution in [0.5, 0.6) is 0 Å². The van der Waals surface area contributed by atoms with Crippen LogP contribution in [0.4, 0.5) is 5.82 Å². The number of nitrogens with zero attached hydrogens (tertiary/aromatic N) is 4. The van der Waals surface area contributed by atoms with Crippen molar-refractivity contribution < 1.29 is 19.4 Å². The fraction of sp³-hybridized carbons (Fsp3) is 0.333. The minimum Gasteiger partial charge on any atom is -0.462 e. The van der Waals surface area contributed by atoms with E-state index in [-0.39, 0.29) is 18.8 Å². The van der Waals surface area contributed by atoms with Crippen LogP contribution in [0.25, 0.3) is 5.52 Å². The number of ether oxygens (including phenoxy) is 2. The fourth-order valence-corrected chi connectivity index (χ4v) is 3.73. The average Bonchev–Trinajstić information content (AvgIpc) is 3.35. The van der Waals surface area contributed by atoms with Crippen molar-refractivity contribution in [1.82, 2.24) is 14.6 Å². The molecule has 0 amide bonds. The number of aliphatic hydroxyl groups excluding tert-OH is 1. The molecule has 4 atom stereocenters. The van der Waals surface area contributed by atoms with Gasteiger partial charge in [-0.3, -0.25) is 4.79 Å². The van der Waals surface area contributed by atoms with Crippen molar-refractivity contribution >= 4 is 17.3 Å². The maximum atomic E-state index is 12.3. The molecule has 1 aliphatic rings. The summed E-state index contributed by atoms with van der Waals surface area (Å²) in [5.41, 5.74) is 12.2. The molecule has 1 aliphatic heterocycles. The Hall–Kier alpha value is -3.52. The van der Waals surface area contributed by atoms with E-state index in [0.717, 1.165) is 5.56 Å². The maximum absolute atomic E-state index is 12.3. The number of nitrogen functional groups attached to an aromatic ring is 1. The zero-order chi connectivity index (χ0) is 22.0. The molecule has 0 saturated carbocycles. The summed E-state index contributed by atoms with van der Waals surface area (Å²) in [6.45, 7) is -0.230. The van der Waals surface area contributed by atoms with E-state index in [4.69, 9.17) is 20.9 Å². The van der Waals surface area contributed by atoms with E-state index in [1.165, 1.54) is 10.8 Å². The van der Waals surface area contributed by atoms with E-state index < -0.39 is 29.8 Å². The zero-order valence-corrected chi connectivity index (χ0v) is 16.6. The molecule has 0 bridgehead atoms. The average molecular weight is 422 g/mol. The van der Waals surface area contributed by atoms with Crippen molar-refractivity contribution in [2.24, 2.45) is 5.73 Å². The molecule has 1 fully saturated rings. The number of nitriles is 1. The van der Waals surface area contributed by atoms with Crippen molar-refractivity contribution in [2.45, 2.75) is 36.7 Å². The number of fused-ring (bicyclic) bond motifs is 1. The molecule has 0 radical (unpaired) electrons. The highest BCUT2D eigenvalue weighted by Crippen LogP contribution is 2.40. The summed E-state index contributed by atoms with van der Waals surface area (Å²) in [4.78, 5) is 16.2. The lowest BCUT2D eigenvalue weighted by Gasteiger charge is -2.21. The number of rotatable bonds is 6. The van der Waals surface area contributed by atoms with Gasteiger partial charge >= 0.3 is 5.97 Å². The number of carbonyl (C=O) groups excluding carboxylic acids is 1. The first kappa shape index (κ1) is 20.7. The standard InChI is InChI=1S/C21H22N6O4/c22-11-21(18-7-6-15-19(24)25-12-26-27(15)18)9-16(28)17(31-21)10-30-20(29)14(23)8-13-4-2-1-3-5-13/h1-7,12,14,16-17,28H,8-10,23H2,(H2,24,25,26)/t14-,16+,17-,21+/m1/s1. The number of hydrogen-bond donors (Lipinski definition) is 3. The van der Waals surface area contributed by atoms with E-state index >= 15 is 0 Å². The summed E-state index contributed by atoms with van der Waals surface area (Å²) < 4.78 is 12.6. The number of benzene rings is 1. The number of hydrogen-bond acceptors (Lipinski definition) is 9. The van der Waals surface area contributed by atoms with Gasteiger partial charge in [-0.2, -0.15) is 10.4 Å². The SMILES string of the molecule is N#C[C@]1(c2ccc3c(N)ncnn23)C[C@H](O)[C@@H](COC(=O)[C@H](N)Cc2ccccc2)O1. The van der Waals surface area contributed by atoms with Gasteiger partial charge in [0.15, 0.2) is 11.4 Å². The molecule has 10 nitrogen and oxygen atoms in total. The molecule has 3 heterocycles. The van der Waals surface area contributed by atoms with Crippen LogP contribution in [0.3, 0.4) is 0 Å². The second-order valence-corrected chi connectivity index (χ2v) is 7.45. The predicted molar refractivity (Wildman–Crippen MR) is 109 cm³/mol. The molecule has 1 aromatic carbocycles. The fourth-order valence-electron chi connectivity index (χ4n) is 3.73. The van der Waals surface area contributed by atoms with Crippen LogP contribution in [0.15, 0.2) is 48.8 Å². The van der Waals surface area contributed by atoms with Crippen molar-refractivity contribution in [3.63, 3.8) is 0 Å². The van der Waals surface area contributed by atoms with E-state index in [1.807, 2.05) is 30.3 Å². The Morgan fingerprint density at radius 3 is 2.90 bits per heavy atom. The number of aliphatic hydroxyl groups is 1. The first-order valence-corrected chi connectivity index (χ1v) is 9.75. The third kappa shape index (κ3) is 3.94. The second kappa shape index (κ2) is 8.31. The molecule has 3 aromatic rings. The van der Waals surface area contributed by atoms with Crippen molar-refractivity contribution in [2.75, 3.05) is 12.3 Å². The van der Waals surface area contributed by atoms with Crippen LogP contribution in [0.2, 0.25) is 0 Å². The van der Waals surface area contributed by atoms with Gasteiger partial charge in [0.2, 0.25) is 0 Å². The molecule has 0 unspecified atom stereocenters. The van der Waals surface area contributed by atoms with Crippen molar-refractivity contribution in [3.8, 4) is 6.07 Å². The molecule has 1 saturated heterocycles. The van der Waals surface area contributed by atoms with Crippen LogP contribution >= 0.6 is 0 Å². The highest BCUT2D eigenvalue weighted by molar-refractivity contribution is 5.76. The van der Waals surface area contributed by atoms with Gasteiger partial charge in [-0.25, -0.2) is 9.50 Å². The Morgan fingerprint density at radius 1 is 1.39 bits per heavy atom. The Kier molecular flexibility index (Phi) is 5.56. The first-order chi connectivity index (χ1) is 14.9. The minimum atomic E-state index is -1.48. The van der Waals surface area contributed by atoms with Crippen LogP contribution < -0.4 is 11.5 Å². The van der Waals surface area contributed by atoms with Gasteiger partial charge in [0.25, 0.3) is 0 Å². The summed E-state index contributed by atoms with van der Waals surface area (Å²) in [6.07, 6.45) is -0.333. The van der Waals surface area contributed by atoms with Gasteiger partial charge in [-0.15, -0.1) is 0 Å². The summed E-state index contributed by atoms with van der Waals surface area (Å²) >= 11 is 0. The number of carbonyl (C=O) groups is 1. The van der Waals surface area contributed by atoms with Crippen LogP contribution in [-0.4, -0.2) is 50.5 Å². The lowest BCUT2D eigenvalue weighted by atomic mass is 9.96. The summed E-state index contributed by atoms with van der Waals surface area (Å²) in [7, 11) is 0. The third-order valence-electron chi connectivity index (χ3n) is 5.35. The summed E-state index contributed by atoms with van der Waals surface area (Å²) in [5, 5.41) is 24.5. The van der Waals surface area contributed by atoms with Gasteiger partial charge in [0.05, 0.1) is 11.8 Å². The highest BCUT2D eigenvalue weighted by atomic mass is 16.6. The third-order valence-corrected chi connectivity index (χ3v) is 5.35. The molecular formula is C21H22N6O4. The highest BCUT2D eigenvalue weighted by Gasteiger charge is 2.50. The van der Waals surface area contributed by atoms with Gasteiger partial charge in [0.1, 0.15) is 36.7 Å². The normalized spacial score (nSPS) is 24.0. The largest absolute Gasteiger partial charge is 0.462 e. The molecule has 2 aromatic heterocycles. The summed E-state index contributed by atoms with van der Waals surface area (Å²) in [5.74, 6) is -0.353. The van der Waals surface area contributed by atoms with Crippen LogP contribution in [0, 0.1) is 11.3 Å². The Labute approximate surface area is 178 Å². The number of esters is 1. The van der Waals surface area contributed by atoms with E-state index in [0.29, 0.717) is 17.6 Å². The maximum Gasteiger partial charge on any atom is 0.323 e. The number of anilines is 1. The molecule has 31 heavy (non-hydrogen) atoms. The molecule has 0 spiro atoms. The zero-order valence-electron chi connectivity index (χ0n) is 16.6. The van der Waals surface area contributed by atoms with Crippen LogP contribution in [-0.2, 0) is 26.3 Å². The van der Waals surface area contributed by atoms with Crippen molar-refractivity contribution in [1.29, 1.82) is 5.26 Å². The van der Waals surface area contributed by atoms with Crippen molar-refractivity contribution in [3.05, 3.63) is 60.0 Å². The van der Waals surface area contributed by atoms with Gasteiger partial charge in [-0.1, -0.05) is 30.3 Å². The number of nitrogens with two attached hydrogens (primary N) is 2. The predicted octanol–water partition coefficient (Wildman–Crippen LogP) is 0.293. The molecular weight excluding hydrogens is 400 g/mol. The van der Waals surface area contributed by atoms with Gasteiger partial charge < -0.3 is 26.0 Å². The van der Waals surface area contributed by atoms with Gasteiger partial charge in [0, 0.05) is 6.42 Å². The molecule has 4 rings (SSSR count). The summed E-state index contributed by atoms with van der Waals surface area (Å²) in [6, 6.07) is 13.9. The lowest BCUT2D eigenvalue weighted by molar-refractivity contribution is -0.152. The Morgan fingerprint density at radius 2 is 2.16 bits per heavy atom. The van der Waals surface area contributed by atoms with Gasteiger partial charge in [-0.05, 0) is 24.1 Å². The monoisotopic (exact) mass is 422 g/mol. The minimum absolute atomic E-state index is 0.0161. The molecule has 10 heteroatoms. The Balaban J connectivity index is 1.44.